The average Bonchev–Trinajstić information content (AvgIpc) is 2.73. The van der Waals surface area contributed by atoms with Crippen LogP contribution in [-0.4, -0.2) is 39.8 Å². The molecule has 2 aromatic carbocycles. The number of halogens is 2. The first-order valence-electron chi connectivity index (χ1n) is 9.11. The van der Waals surface area contributed by atoms with Gasteiger partial charge in [-0.15, -0.1) is 0 Å². The third kappa shape index (κ3) is 4.67. The van der Waals surface area contributed by atoms with Crippen molar-refractivity contribution < 1.29 is 14.6 Å². The highest BCUT2D eigenvalue weighted by molar-refractivity contribution is 6.42. The van der Waals surface area contributed by atoms with E-state index in [9.17, 15) is 19.5 Å². The molecule has 0 saturated heterocycles. The fraction of sp³-hybridized carbons (Fsp3) is 0.250. The third-order valence-corrected chi connectivity index (χ3v) is 5.21. The molecule has 0 radical (unpaired) electrons. The van der Waals surface area contributed by atoms with Crippen LogP contribution in [0.5, 0.6) is 5.75 Å². The number of amides is 1. The van der Waals surface area contributed by atoms with Crippen LogP contribution in [0.4, 0.5) is 0 Å². The van der Waals surface area contributed by atoms with Gasteiger partial charge in [-0.2, -0.15) is 0 Å². The number of aliphatic hydroxyl groups excluding tert-OH is 1. The van der Waals surface area contributed by atoms with E-state index in [0.717, 1.165) is 4.57 Å². The van der Waals surface area contributed by atoms with Gasteiger partial charge >= 0.3 is 5.69 Å². The maximum atomic E-state index is 12.4. The molecule has 1 unspecified atom stereocenters. The number of hydrogen-bond acceptors (Lipinski definition) is 5. The van der Waals surface area contributed by atoms with E-state index in [1.165, 1.54) is 18.2 Å². The first-order chi connectivity index (χ1) is 14.3. The van der Waals surface area contributed by atoms with Crippen LogP contribution in [0.1, 0.15) is 17.3 Å². The Kier molecular flexibility index (Phi) is 6.81. The van der Waals surface area contributed by atoms with Crippen molar-refractivity contribution in [1.82, 2.24) is 14.9 Å². The van der Waals surface area contributed by atoms with Crippen molar-refractivity contribution in [2.24, 2.45) is 0 Å². The number of benzene rings is 2. The number of aliphatic hydroxyl groups is 1. The molecule has 3 N–H and O–H groups in total. The minimum atomic E-state index is -0.999. The number of aromatic nitrogens is 2. The summed E-state index contributed by atoms with van der Waals surface area (Å²) in [7, 11) is 0. The number of H-pyrrole nitrogens is 1. The van der Waals surface area contributed by atoms with Gasteiger partial charge in [-0.1, -0.05) is 29.3 Å². The largest absolute Gasteiger partial charge is 0.489 e. The zero-order valence-electron chi connectivity index (χ0n) is 15.9. The van der Waals surface area contributed by atoms with Gasteiger partial charge in [0.25, 0.3) is 11.5 Å². The standard InChI is InChI=1S/C20H19Cl2N3O5/c1-2-25-19(28)13-7-6-11(8-15(13)24-20(25)29)18(27)23-9-12(26)10-30-16-5-3-4-14(21)17(16)22/h3-8,12,26H,2,9-10H2,1H3,(H,23,27)(H,24,29). The van der Waals surface area contributed by atoms with Gasteiger partial charge in [0, 0.05) is 18.7 Å². The van der Waals surface area contributed by atoms with E-state index in [0.29, 0.717) is 16.2 Å². The Morgan fingerprint density at radius 1 is 1.27 bits per heavy atom. The number of nitrogens with one attached hydrogen (secondary N) is 2. The summed E-state index contributed by atoms with van der Waals surface area (Å²) in [6.07, 6.45) is -0.999. The number of rotatable bonds is 7. The smallest absolute Gasteiger partial charge is 0.328 e. The summed E-state index contributed by atoms with van der Waals surface area (Å²) >= 11 is 11.9. The van der Waals surface area contributed by atoms with Crippen molar-refractivity contribution in [1.29, 1.82) is 0 Å². The van der Waals surface area contributed by atoms with Gasteiger partial charge in [-0.05, 0) is 37.3 Å². The summed E-state index contributed by atoms with van der Waals surface area (Å²) in [5.41, 5.74) is -0.463. The first kappa shape index (κ1) is 21.9. The quantitative estimate of drug-likeness (QED) is 0.509. The summed E-state index contributed by atoms with van der Waals surface area (Å²) in [5, 5.41) is 13.5. The van der Waals surface area contributed by atoms with E-state index in [2.05, 4.69) is 10.3 Å². The number of aromatic amines is 1. The van der Waals surface area contributed by atoms with E-state index in [4.69, 9.17) is 27.9 Å². The lowest BCUT2D eigenvalue weighted by atomic mass is 10.1. The molecule has 3 aromatic rings. The molecule has 30 heavy (non-hydrogen) atoms. The van der Waals surface area contributed by atoms with Crippen LogP contribution < -0.4 is 21.3 Å². The topological polar surface area (TPSA) is 113 Å². The van der Waals surface area contributed by atoms with Gasteiger partial charge in [0.2, 0.25) is 0 Å². The van der Waals surface area contributed by atoms with E-state index >= 15 is 0 Å². The van der Waals surface area contributed by atoms with Crippen molar-refractivity contribution in [2.75, 3.05) is 13.2 Å². The van der Waals surface area contributed by atoms with E-state index in [-0.39, 0.29) is 35.8 Å². The van der Waals surface area contributed by atoms with Gasteiger partial charge in [0.1, 0.15) is 23.5 Å². The molecule has 10 heteroatoms. The highest BCUT2D eigenvalue weighted by Crippen LogP contribution is 2.31. The predicted octanol–water partition coefficient (Wildman–Crippen LogP) is 2.19. The lowest BCUT2D eigenvalue weighted by Gasteiger charge is -2.14. The molecular formula is C20H19Cl2N3O5. The Hall–Kier alpha value is -2.81. The number of hydrogen-bond donors (Lipinski definition) is 3. The maximum absolute atomic E-state index is 12.4. The van der Waals surface area contributed by atoms with Gasteiger partial charge in [0.05, 0.1) is 15.9 Å². The average molecular weight is 452 g/mol. The summed E-state index contributed by atoms with van der Waals surface area (Å²) in [5.74, 6) is -0.150. The molecule has 1 aromatic heterocycles. The predicted molar refractivity (Wildman–Crippen MR) is 115 cm³/mol. The van der Waals surface area contributed by atoms with Gasteiger partial charge in [-0.25, -0.2) is 4.79 Å². The van der Waals surface area contributed by atoms with Crippen LogP contribution in [0.25, 0.3) is 10.9 Å². The molecule has 0 bridgehead atoms. The SMILES string of the molecule is CCn1c(=O)[nH]c2cc(C(=O)NCC(O)COc3cccc(Cl)c3Cl)ccc2c1=O. The fourth-order valence-electron chi connectivity index (χ4n) is 2.84. The van der Waals surface area contributed by atoms with Gasteiger partial charge < -0.3 is 20.1 Å². The lowest BCUT2D eigenvalue weighted by molar-refractivity contribution is 0.0844. The number of ether oxygens (including phenoxy) is 1. The van der Waals surface area contributed by atoms with Crippen molar-refractivity contribution >= 4 is 40.0 Å². The number of nitrogens with zero attached hydrogens (tertiary/aromatic N) is 1. The van der Waals surface area contributed by atoms with Crippen molar-refractivity contribution in [3.63, 3.8) is 0 Å². The highest BCUT2D eigenvalue weighted by atomic mass is 35.5. The fourth-order valence-corrected chi connectivity index (χ4v) is 3.18. The van der Waals surface area contributed by atoms with Gasteiger partial charge in [-0.3, -0.25) is 14.2 Å². The van der Waals surface area contributed by atoms with Crippen LogP contribution in [-0.2, 0) is 6.54 Å². The Balaban J connectivity index is 1.64. The normalized spacial score (nSPS) is 12.0. The molecule has 0 fully saturated rings. The molecule has 0 aliphatic carbocycles. The van der Waals surface area contributed by atoms with Crippen LogP contribution in [0, 0.1) is 0 Å². The minimum absolute atomic E-state index is 0.0804. The van der Waals surface area contributed by atoms with Crippen LogP contribution in [0.3, 0.4) is 0 Å². The van der Waals surface area contributed by atoms with E-state index in [1.54, 1.807) is 25.1 Å². The zero-order chi connectivity index (χ0) is 21.8. The monoisotopic (exact) mass is 451 g/mol. The second-order valence-corrected chi connectivity index (χ2v) is 7.25. The molecule has 158 valence electrons. The molecule has 8 nitrogen and oxygen atoms in total. The summed E-state index contributed by atoms with van der Waals surface area (Å²) in [6.45, 7) is 1.75. The molecule has 0 spiro atoms. The Morgan fingerprint density at radius 2 is 2.03 bits per heavy atom. The van der Waals surface area contributed by atoms with Crippen LogP contribution >= 0.6 is 23.2 Å². The summed E-state index contributed by atoms with van der Waals surface area (Å²) in [4.78, 5) is 39.2. The minimum Gasteiger partial charge on any atom is -0.489 e. The van der Waals surface area contributed by atoms with Crippen molar-refractivity contribution in [3.8, 4) is 5.75 Å². The molecule has 3 rings (SSSR count). The van der Waals surface area contributed by atoms with Crippen molar-refractivity contribution in [3.05, 3.63) is 72.8 Å². The first-order valence-corrected chi connectivity index (χ1v) is 9.87. The molecule has 1 heterocycles. The lowest BCUT2D eigenvalue weighted by Crippen LogP contribution is -2.36. The number of fused-ring (bicyclic) bond motifs is 1. The molecule has 0 saturated carbocycles. The summed E-state index contributed by atoms with van der Waals surface area (Å²) in [6, 6.07) is 9.27. The van der Waals surface area contributed by atoms with Crippen LogP contribution in [0.2, 0.25) is 10.0 Å². The Morgan fingerprint density at radius 3 is 2.77 bits per heavy atom. The molecular weight excluding hydrogens is 433 g/mol. The second-order valence-electron chi connectivity index (χ2n) is 6.47. The maximum Gasteiger partial charge on any atom is 0.328 e. The Bertz CT molecular complexity index is 1210. The third-order valence-electron chi connectivity index (χ3n) is 4.41. The second kappa shape index (κ2) is 9.34. The van der Waals surface area contributed by atoms with Gasteiger partial charge in [0.15, 0.2) is 0 Å². The number of carbonyl (C=O) groups is 1. The molecule has 0 aliphatic heterocycles. The summed E-state index contributed by atoms with van der Waals surface area (Å²) < 4.78 is 6.50. The molecule has 1 atom stereocenters. The van der Waals surface area contributed by atoms with E-state index in [1.807, 2.05) is 0 Å². The van der Waals surface area contributed by atoms with E-state index < -0.39 is 23.3 Å². The molecule has 0 aliphatic rings. The molecule has 1 amide bonds. The highest BCUT2D eigenvalue weighted by Gasteiger charge is 2.14. The zero-order valence-corrected chi connectivity index (χ0v) is 17.5. The number of carbonyl (C=O) groups excluding carboxylic acids is 1. The van der Waals surface area contributed by atoms with Crippen molar-refractivity contribution in [2.45, 2.75) is 19.6 Å². The Labute approximate surface area is 181 Å². The van der Waals surface area contributed by atoms with Crippen LogP contribution in [0.15, 0.2) is 46.0 Å².